The Labute approximate surface area is 122 Å². The Hall–Kier alpha value is -0.560. The predicted octanol–water partition coefficient (Wildman–Crippen LogP) is 5.37. The molecule has 0 aliphatic heterocycles. The van der Waals surface area contributed by atoms with Crippen molar-refractivity contribution in [1.82, 2.24) is 0 Å². The highest BCUT2D eigenvalue weighted by Crippen LogP contribution is 2.89. The molecule has 0 spiro atoms. The Morgan fingerprint density at radius 1 is 0.500 bits per heavy atom. The summed E-state index contributed by atoms with van der Waals surface area (Å²) in [5.74, 6) is -18.8. The molecule has 4 bridgehead atoms. The van der Waals surface area contributed by atoms with E-state index in [1.807, 2.05) is 0 Å². The van der Waals surface area contributed by atoms with E-state index in [4.69, 9.17) is 0 Å². The van der Waals surface area contributed by atoms with Crippen LogP contribution in [0.25, 0.3) is 0 Å². The van der Waals surface area contributed by atoms with Crippen LogP contribution in [-0.4, -0.2) is 23.7 Å². The van der Waals surface area contributed by atoms with Crippen LogP contribution in [0.3, 0.4) is 0 Å². The van der Waals surface area contributed by atoms with E-state index in [-0.39, 0.29) is 6.92 Å². The molecular formula is C14H16F8. The predicted molar refractivity (Wildman–Crippen MR) is 61.5 cm³/mol. The van der Waals surface area contributed by atoms with Crippen molar-refractivity contribution in [2.24, 2.45) is 21.7 Å². The minimum Gasteiger partial charge on any atom is -0.205 e. The van der Waals surface area contributed by atoms with Crippen LogP contribution in [0.2, 0.25) is 0 Å². The summed E-state index contributed by atoms with van der Waals surface area (Å²) in [6.45, 7) is 1.85. The molecular weight excluding hydrogens is 320 g/mol. The van der Waals surface area contributed by atoms with Crippen molar-refractivity contribution in [1.29, 1.82) is 0 Å². The summed E-state index contributed by atoms with van der Waals surface area (Å²) in [5.41, 5.74) is -12.9. The van der Waals surface area contributed by atoms with Crippen LogP contribution in [0.5, 0.6) is 0 Å². The molecule has 0 nitrogen and oxygen atoms in total. The third-order valence-corrected chi connectivity index (χ3v) is 6.90. The van der Waals surface area contributed by atoms with E-state index in [2.05, 4.69) is 0 Å². The average molecular weight is 336 g/mol. The van der Waals surface area contributed by atoms with Crippen molar-refractivity contribution in [3.63, 3.8) is 0 Å². The number of hydrogen-bond donors (Lipinski definition) is 0. The molecule has 4 fully saturated rings. The van der Waals surface area contributed by atoms with Crippen molar-refractivity contribution < 1.29 is 35.1 Å². The maximum atomic E-state index is 14.7. The molecule has 0 amide bonds. The standard InChI is InChI=1S/C14H16F8/c1-7-5-8(2)12(17,18)9(3,6-7)14(21,22)10(4,11(7,15)16)13(8,19)20/h5-6H2,1-4H3. The summed E-state index contributed by atoms with van der Waals surface area (Å²) in [6, 6.07) is 0. The number of hydrogen-bond acceptors (Lipinski definition) is 0. The van der Waals surface area contributed by atoms with E-state index < -0.39 is 58.2 Å². The Balaban J connectivity index is 2.49. The second-order valence-corrected chi connectivity index (χ2v) is 8.00. The minimum atomic E-state index is -4.92. The molecule has 128 valence electrons. The second kappa shape index (κ2) is 3.16. The fraction of sp³-hybridized carbons (Fsp3) is 1.00. The Bertz CT molecular complexity index is 529. The monoisotopic (exact) mass is 336 g/mol. The van der Waals surface area contributed by atoms with Crippen LogP contribution in [0.1, 0.15) is 40.5 Å². The zero-order valence-corrected chi connectivity index (χ0v) is 12.4. The van der Waals surface area contributed by atoms with Crippen LogP contribution < -0.4 is 0 Å². The van der Waals surface area contributed by atoms with Gasteiger partial charge in [0.05, 0.1) is 10.8 Å². The summed E-state index contributed by atoms with van der Waals surface area (Å²) in [4.78, 5) is 0. The Morgan fingerprint density at radius 3 is 1.14 bits per heavy atom. The largest absolute Gasteiger partial charge is 0.276 e. The van der Waals surface area contributed by atoms with Gasteiger partial charge < -0.3 is 0 Å². The third-order valence-electron chi connectivity index (χ3n) is 6.90. The zero-order chi connectivity index (χ0) is 17.4. The van der Waals surface area contributed by atoms with Gasteiger partial charge in [-0.1, -0.05) is 6.92 Å². The van der Waals surface area contributed by atoms with Crippen LogP contribution in [0.15, 0.2) is 0 Å². The van der Waals surface area contributed by atoms with Crippen molar-refractivity contribution in [2.75, 3.05) is 0 Å². The molecule has 4 saturated carbocycles. The van der Waals surface area contributed by atoms with E-state index in [0.717, 1.165) is 6.92 Å². The van der Waals surface area contributed by atoms with Gasteiger partial charge in [-0.15, -0.1) is 0 Å². The smallest absolute Gasteiger partial charge is 0.205 e. The molecule has 0 heterocycles. The Kier molecular flexibility index (Phi) is 2.34. The normalized spacial score (nSPS) is 56.2. The summed E-state index contributed by atoms with van der Waals surface area (Å²) in [7, 11) is 0. The van der Waals surface area contributed by atoms with Crippen molar-refractivity contribution in [3.8, 4) is 0 Å². The fourth-order valence-corrected chi connectivity index (χ4v) is 5.59. The molecule has 4 aliphatic carbocycles. The fourth-order valence-electron chi connectivity index (χ4n) is 5.59. The number of alkyl halides is 8. The van der Waals surface area contributed by atoms with Crippen LogP contribution in [-0.2, 0) is 0 Å². The van der Waals surface area contributed by atoms with Gasteiger partial charge in [-0.3, -0.25) is 0 Å². The molecule has 0 aromatic heterocycles. The van der Waals surface area contributed by atoms with Crippen molar-refractivity contribution in [2.45, 2.75) is 64.2 Å². The first-order valence-electron chi connectivity index (χ1n) is 6.93. The van der Waals surface area contributed by atoms with Crippen LogP contribution in [0, 0.1) is 21.7 Å². The summed E-state index contributed by atoms with van der Waals surface area (Å²) >= 11 is 0. The van der Waals surface area contributed by atoms with E-state index in [1.165, 1.54) is 0 Å². The minimum absolute atomic E-state index is 0.0648. The van der Waals surface area contributed by atoms with Gasteiger partial charge >= 0.3 is 0 Å². The van der Waals surface area contributed by atoms with E-state index >= 15 is 0 Å². The molecule has 2 unspecified atom stereocenters. The Morgan fingerprint density at radius 2 is 0.818 bits per heavy atom. The van der Waals surface area contributed by atoms with Gasteiger partial charge in [0, 0.05) is 5.41 Å². The first kappa shape index (κ1) is 16.3. The third kappa shape index (κ3) is 0.949. The highest BCUT2D eigenvalue weighted by molar-refractivity contribution is 5.37. The highest BCUT2D eigenvalue weighted by atomic mass is 19.3. The SMILES string of the molecule is CC12CC3(C)C(F)(F)C(C)(C1)C(F)(F)C(C)(C2(F)F)C3(F)F. The summed E-state index contributed by atoms with van der Waals surface area (Å²) < 4.78 is 117. The molecule has 22 heavy (non-hydrogen) atoms. The lowest BCUT2D eigenvalue weighted by Crippen LogP contribution is -2.91. The first-order chi connectivity index (χ1) is 9.41. The molecule has 4 aliphatic rings. The summed E-state index contributed by atoms with van der Waals surface area (Å²) in [6.07, 6.45) is -2.40. The van der Waals surface area contributed by atoms with Gasteiger partial charge in [-0.05, 0) is 33.6 Å². The van der Waals surface area contributed by atoms with Gasteiger partial charge in [0.1, 0.15) is 0 Å². The first-order valence-corrected chi connectivity index (χ1v) is 6.93. The average Bonchev–Trinajstić information content (AvgIpc) is 2.31. The van der Waals surface area contributed by atoms with Crippen molar-refractivity contribution >= 4 is 0 Å². The van der Waals surface area contributed by atoms with Gasteiger partial charge in [0.15, 0.2) is 5.41 Å². The molecule has 0 aromatic rings. The number of rotatable bonds is 0. The zero-order valence-electron chi connectivity index (χ0n) is 12.4. The molecule has 0 N–H and O–H groups in total. The van der Waals surface area contributed by atoms with Gasteiger partial charge in [0.25, 0.3) is 23.7 Å². The molecule has 2 atom stereocenters. The lowest BCUT2D eigenvalue weighted by molar-refractivity contribution is -0.533. The molecule has 8 heteroatoms. The number of halogens is 8. The second-order valence-electron chi connectivity index (χ2n) is 8.00. The maximum absolute atomic E-state index is 14.7. The summed E-state index contributed by atoms with van der Waals surface area (Å²) in [5, 5.41) is 0. The van der Waals surface area contributed by atoms with Crippen LogP contribution in [0.4, 0.5) is 35.1 Å². The van der Waals surface area contributed by atoms with Gasteiger partial charge in [-0.25, -0.2) is 35.1 Å². The van der Waals surface area contributed by atoms with E-state index in [1.54, 1.807) is 0 Å². The molecule has 4 rings (SSSR count). The molecule has 0 saturated heterocycles. The quantitative estimate of drug-likeness (QED) is 0.522. The van der Waals surface area contributed by atoms with Crippen molar-refractivity contribution in [3.05, 3.63) is 0 Å². The molecule has 0 aromatic carbocycles. The van der Waals surface area contributed by atoms with Gasteiger partial charge in [-0.2, -0.15) is 0 Å². The topological polar surface area (TPSA) is 0 Å². The van der Waals surface area contributed by atoms with Crippen LogP contribution >= 0.6 is 0 Å². The van der Waals surface area contributed by atoms with Gasteiger partial charge in [0.2, 0.25) is 0 Å². The van der Waals surface area contributed by atoms with E-state index in [9.17, 15) is 35.1 Å². The van der Waals surface area contributed by atoms with E-state index in [0.29, 0.717) is 13.8 Å². The highest BCUT2D eigenvalue weighted by Gasteiger charge is 3.02. The molecule has 0 radical (unpaired) electrons. The maximum Gasteiger partial charge on any atom is 0.276 e. The lowest BCUT2D eigenvalue weighted by Gasteiger charge is -2.77. The lowest BCUT2D eigenvalue weighted by atomic mass is 9.31.